The quantitative estimate of drug-likeness (QED) is 0.690. The van der Waals surface area contributed by atoms with Crippen molar-refractivity contribution < 1.29 is 16.8 Å². The maximum absolute atomic E-state index is 12.8. The van der Waals surface area contributed by atoms with Gasteiger partial charge >= 0.3 is 0 Å². The van der Waals surface area contributed by atoms with E-state index in [1.54, 1.807) is 6.92 Å². The first-order chi connectivity index (χ1) is 11.7. The molecule has 26 heavy (non-hydrogen) atoms. The smallest absolute Gasteiger partial charge is 0.243 e. The fraction of sp³-hybridized carbons (Fsp3) is 0.625. The molecule has 0 aliphatic carbocycles. The molecule has 0 amide bonds. The van der Waals surface area contributed by atoms with E-state index in [1.165, 1.54) is 28.6 Å². The summed E-state index contributed by atoms with van der Waals surface area (Å²) in [6.07, 6.45) is 4.20. The molecule has 150 valence electrons. The van der Waals surface area contributed by atoms with E-state index >= 15 is 0 Å². The van der Waals surface area contributed by atoms with Crippen LogP contribution in [0, 0.1) is 0 Å². The molecule has 3 N–H and O–H groups in total. The number of halogens is 1. The highest BCUT2D eigenvalue weighted by Crippen LogP contribution is 2.22. The van der Waals surface area contributed by atoms with E-state index in [4.69, 9.17) is 5.73 Å². The lowest BCUT2D eigenvalue weighted by Gasteiger charge is -2.20. The molecule has 1 unspecified atom stereocenters. The lowest BCUT2D eigenvalue weighted by Crippen LogP contribution is -2.32. The molecule has 2 rings (SSSR count). The van der Waals surface area contributed by atoms with Gasteiger partial charge in [-0.25, -0.2) is 21.6 Å². The van der Waals surface area contributed by atoms with Crippen molar-refractivity contribution in [3.63, 3.8) is 0 Å². The molecule has 1 aliphatic rings. The van der Waals surface area contributed by atoms with Gasteiger partial charge in [0.05, 0.1) is 9.79 Å². The second-order valence-electron chi connectivity index (χ2n) is 6.46. The van der Waals surface area contributed by atoms with Gasteiger partial charge in [-0.05, 0) is 44.4 Å². The Morgan fingerprint density at radius 2 is 1.65 bits per heavy atom. The number of benzene rings is 1. The minimum Gasteiger partial charge on any atom is -0.328 e. The molecule has 1 aromatic rings. The van der Waals surface area contributed by atoms with Crippen molar-refractivity contribution in [3.8, 4) is 0 Å². The summed E-state index contributed by atoms with van der Waals surface area (Å²) in [5.41, 5.74) is 5.62. The molecule has 0 spiro atoms. The molecule has 7 nitrogen and oxygen atoms in total. The molecule has 1 atom stereocenters. The Bertz CT molecular complexity index is 774. The van der Waals surface area contributed by atoms with E-state index in [1.807, 2.05) is 0 Å². The lowest BCUT2D eigenvalue weighted by atomic mass is 10.2. The van der Waals surface area contributed by atoms with Crippen LogP contribution in [-0.2, 0) is 20.0 Å². The average Bonchev–Trinajstić information content (AvgIpc) is 2.84. The Morgan fingerprint density at radius 3 is 2.23 bits per heavy atom. The van der Waals surface area contributed by atoms with Gasteiger partial charge in [0.2, 0.25) is 20.0 Å². The monoisotopic (exact) mass is 425 g/mol. The van der Waals surface area contributed by atoms with E-state index in [9.17, 15) is 16.8 Å². The fourth-order valence-electron chi connectivity index (χ4n) is 2.74. The summed E-state index contributed by atoms with van der Waals surface area (Å²) in [6.45, 7) is 2.96. The molecule has 1 aromatic carbocycles. The molecule has 0 saturated carbocycles. The second kappa shape index (κ2) is 10.0. The number of nitrogens with two attached hydrogens (primary N) is 1. The van der Waals surface area contributed by atoms with E-state index < -0.39 is 20.0 Å². The number of sulfonamides is 2. The van der Waals surface area contributed by atoms with Crippen LogP contribution in [-0.4, -0.2) is 46.8 Å². The van der Waals surface area contributed by atoms with E-state index in [0.29, 0.717) is 19.5 Å². The van der Waals surface area contributed by atoms with Crippen molar-refractivity contribution in [2.75, 3.05) is 19.6 Å². The predicted octanol–water partition coefficient (Wildman–Crippen LogP) is 1.69. The molecule has 1 fully saturated rings. The normalized spacial score (nSPS) is 17.9. The van der Waals surface area contributed by atoms with Crippen molar-refractivity contribution in [1.82, 2.24) is 9.03 Å². The number of hydrogen-bond acceptors (Lipinski definition) is 5. The van der Waals surface area contributed by atoms with Gasteiger partial charge in [0, 0.05) is 25.7 Å². The van der Waals surface area contributed by atoms with E-state index in [-0.39, 0.29) is 34.8 Å². The van der Waals surface area contributed by atoms with E-state index in [2.05, 4.69) is 4.72 Å². The molecule has 0 radical (unpaired) electrons. The van der Waals surface area contributed by atoms with Crippen molar-refractivity contribution in [2.24, 2.45) is 5.73 Å². The maximum atomic E-state index is 12.8. The number of nitrogens with one attached hydrogen (secondary N) is 1. The van der Waals surface area contributed by atoms with Gasteiger partial charge in [-0.15, -0.1) is 12.4 Å². The Morgan fingerprint density at radius 1 is 1.08 bits per heavy atom. The summed E-state index contributed by atoms with van der Waals surface area (Å²) >= 11 is 0. The average molecular weight is 426 g/mol. The van der Waals surface area contributed by atoms with Crippen LogP contribution in [0.15, 0.2) is 34.1 Å². The van der Waals surface area contributed by atoms with Crippen LogP contribution in [0.5, 0.6) is 0 Å². The van der Waals surface area contributed by atoms with Crippen LogP contribution in [0.3, 0.4) is 0 Å². The third kappa shape index (κ3) is 6.17. The minimum absolute atomic E-state index is 0. The number of hydrogen-bond donors (Lipinski definition) is 2. The zero-order chi connectivity index (χ0) is 18.5. The molecular formula is C16H28ClN3O4S2. The minimum atomic E-state index is -3.77. The van der Waals surface area contributed by atoms with Crippen molar-refractivity contribution in [2.45, 2.75) is 54.9 Å². The molecule has 0 aromatic heterocycles. The molecule has 0 bridgehead atoms. The highest BCUT2D eigenvalue weighted by atomic mass is 35.5. The highest BCUT2D eigenvalue weighted by Gasteiger charge is 2.26. The van der Waals surface area contributed by atoms with Gasteiger partial charge < -0.3 is 5.73 Å². The van der Waals surface area contributed by atoms with Crippen molar-refractivity contribution in [1.29, 1.82) is 0 Å². The third-order valence-electron chi connectivity index (χ3n) is 4.21. The molecule has 1 aliphatic heterocycles. The van der Waals surface area contributed by atoms with Crippen LogP contribution in [0.25, 0.3) is 0 Å². The van der Waals surface area contributed by atoms with Gasteiger partial charge in [-0.3, -0.25) is 0 Å². The molecule has 10 heteroatoms. The molecular weight excluding hydrogens is 398 g/mol. The van der Waals surface area contributed by atoms with Gasteiger partial charge in [0.15, 0.2) is 0 Å². The van der Waals surface area contributed by atoms with Gasteiger partial charge in [0.25, 0.3) is 0 Å². The zero-order valence-electron chi connectivity index (χ0n) is 14.9. The maximum Gasteiger partial charge on any atom is 0.243 e. The molecule has 1 heterocycles. The van der Waals surface area contributed by atoms with Crippen molar-refractivity contribution in [3.05, 3.63) is 24.3 Å². The van der Waals surface area contributed by atoms with Crippen LogP contribution < -0.4 is 10.5 Å². The Kier molecular flexibility index (Phi) is 8.98. The summed E-state index contributed by atoms with van der Waals surface area (Å²) < 4.78 is 54.3. The van der Waals surface area contributed by atoms with Crippen LogP contribution in [0.1, 0.15) is 39.0 Å². The van der Waals surface area contributed by atoms with Crippen LogP contribution in [0.4, 0.5) is 0 Å². The Hall–Kier alpha value is -0.710. The van der Waals surface area contributed by atoms with Crippen molar-refractivity contribution >= 4 is 32.5 Å². The predicted molar refractivity (Wildman–Crippen MR) is 104 cm³/mol. The van der Waals surface area contributed by atoms with Gasteiger partial charge in [0.1, 0.15) is 0 Å². The van der Waals surface area contributed by atoms with Gasteiger partial charge in [-0.2, -0.15) is 4.31 Å². The SMILES string of the molecule is CC(N)CCNS(=O)(=O)c1cccc(S(=O)(=O)N2CCCCCC2)c1.Cl. The summed E-state index contributed by atoms with van der Waals surface area (Å²) in [6, 6.07) is 5.42. The Labute approximate surface area is 162 Å². The summed E-state index contributed by atoms with van der Waals surface area (Å²) in [4.78, 5) is -0.0301. The first-order valence-electron chi connectivity index (χ1n) is 8.59. The highest BCUT2D eigenvalue weighted by molar-refractivity contribution is 7.90. The molecule has 1 saturated heterocycles. The van der Waals surface area contributed by atoms with Gasteiger partial charge in [-0.1, -0.05) is 18.9 Å². The summed E-state index contributed by atoms with van der Waals surface area (Å²) in [7, 11) is -7.45. The largest absolute Gasteiger partial charge is 0.328 e. The van der Waals surface area contributed by atoms with Crippen LogP contribution in [0.2, 0.25) is 0 Å². The lowest BCUT2D eigenvalue weighted by molar-refractivity contribution is 0.423. The first kappa shape index (κ1) is 23.3. The number of rotatable bonds is 7. The first-order valence-corrected chi connectivity index (χ1v) is 11.5. The fourth-order valence-corrected chi connectivity index (χ4v) is 5.47. The second-order valence-corrected chi connectivity index (χ2v) is 10.2. The summed E-state index contributed by atoms with van der Waals surface area (Å²) in [5.74, 6) is 0. The topological polar surface area (TPSA) is 110 Å². The standard InChI is InChI=1S/C16H27N3O4S2.ClH/c1-14(17)9-10-18-24(20,21)15-7-6-8-16(13-15)25(22,23)19-11-4-2-3-5-12-19;/h6-8,13-14,18H,2-5,9-12,17H2,1H3;1H. The van der Waals surface area contributed by atoms with E-state index in [0.717, 1.165) is 25.7 Å². The Balaban J connectivity index is 0.00000338. The number of nitrogens with zero attached hydrogens (tertiary/aromatic N) is 1. The third-order valence-corrected chi connectivity index (χ3v) is 7.56. The zero-order valence-corrected chi connectivity index (χ0v) is 17.4. The van der Waals surface area contributed by atoms with Crippen LogP contribution >= 0.6 is 12.4 Å². The summed E-state index contributed by atoms with van der Waals surface area (Å²) in [5, 5.41) is 0.